The molecule has 21 heavy (non-hydrogen) atoms. The topological polar surface area (TPSA) is 64.4 Å². The number of nitro groups is 1. The summed E-state index contributed by atoms with van der Waals surface area (Å²) < 4.78 is 5.61. The van der Waals surface area contributed by atoms with Crippen molar-refractivity contribution >= 4 is 17.4 Å². The van der Waals surface area contributed by atoms with Crippen molar-refractivity contribution in [2.24, 2.45) is 0 Å². The normalized spacial score (nSPS) is 22.0. The lowest BCUT2D eigenvalue weighted by molar-refractivity contribution is -0.384. The minimum absolute atomic E-state index is 0.0884. The van der Waals surface area contributed by atoms with Gasteiger partial charge in [0.05, 0.1) is 4.92 Å². The molecule has 2 rings (SSSR count). The van der Waals surface area contributed by atoms with Crippen LogP contribution < -0.4 is 10.1 Å². The number of nitrogens with zero attached hydrogens (tertiary/aromatic N) is 1. The Balaban J connectivity index is 1.70. The van der Waals surface area contributed by atoms with Gasteiger partial charge in [0.25, 0.3) is 5.69 Å². The van der Waals surface area contributed by atoms with Gasteiger partial charge in [-0.25, -0.2) is 0 Å². The van der Waals surface area contributed by atoms with Crippen molar-refractivity contribution in [2.45, 2.75) is 37.0 Å². The first-order chi connectivity index (χ1) is 10.2. The zero-order chi connectivity index (χ0) is 15.1. The van der Waals surface area contributed by atoms with Gasteiger partial charge in [-0.1, -0.05) is 12.8 Å². The number of benzene rings is 1. The fraction of sp³-hybridized carbons (Fsp3) is 0.600. The second kappa shape index (κ2) is 8.24. The second-order valence-corrected chi connectivity index (χ2v) is 6.30. The van der Waals surface area contributed by atoms with E-state index >= 15 is 0 Å². The van der Waals surface area contributed by atoms with Crippen LogP contribution in [0.1, 0.15) is 25.7 Å². The van der Waals surface area contributed by atoms with Gasteiger partial charge in [-0.05, 0) is 31.2 Å². The molecule has 0 heterocycles. The molecule has 0 aromatic heterocycles. The van der Waals surface area contributed by atoms with Gasteiger partial charge in [-0.3, -0.25) is 10.1 Å². The van der Waals surface area contributed by atoms with Crippen LogP contribution in [0.15, 0.2) is 24.3 Å². The second-order valence-electron chi connectivity index (χ2n) is 5.22. The van der Waals surface area contributed by atoms with Crippen LogP contribution in [0.4, 0.5) is 5.69 Å². The number of rotatable bonds is 7. The summed E-state index contributed by atoms with van der Waals surface area (Å²) in [5.41, 5.74) is 0.0884. The molecule has 5 nitrogen and oxygen atoms in total. The first-order valence-corrected chi connectivity index (χ1v) is 8.63. The predicted octanol–water partition coefficient (Wildman–Crippen LogP) is 3.24. The molecule has 1 N–H and O–H groups in total. The third kappa shape index (κ3) is 4.89. The summed E-state index contributed by atoms with van der Waals surface area (Å²) in [6.45, 7) is 1.38. The lowest BCUT2D eigenvalue weighted by atomic mass is 9.95. The van der Waals surface area contributed by atoms with Crippen molar-refractivity contribution in [3.05, 3.63) is 34.4 Å². The highest BCUT2D eigenvalue weighted by Gasteiger charge is 2.23. The van der Waals surface area contributed by atoms with Crippen LogP contribution in [0, 0.1) is 10.1 Å². The van der Waals surface area contributed by atoms with Crippen molar-refractivity contribution in [1.82, 2.24) is 5.32 Å². The lowest BCUT2D eigenvalue weighted by Crippen LogP contribution is -2.42. The Morgan fingerprint density at radius 1 is 1.33 bits per heavy atom. The number of hydrogen-bond acceptors (Lipinski definition) is 5. The Bertz CT molecular complexity index is 453. The van der Waals surface area contributed by atoms with Crippen molar-refractivity contribution in [3.8, 4) is 5.75 Å². The van der Waals surface area contributed by atoms with E-state index < -0.39 is 4.92 Å². The summed E-state index contributed by atoms with van der Waals surface area (Å²) in [7, 11) is 0. The zero-order valence-corrected chi connectivity index (χ0v) is 13.1. The van der Waals surface area contributed by atoms with E-state index in [1.54, 1.807) is 12.1 Å². The van der Waals surface area contributed by atoms with Gasteiger partial charge in [0, 0.05) is 30.0 Å². The number of nitrogens with one attached hydrogen (secondary N) is 1. The van der Waals surface area contributed by atoms with E-state index in [0.717, 1.165) is 6.54 Å². The molecule has 1 saturated carbocycles. The van der Waals surface area contributed by atoms with Crippen molar-refractivity contribution < 1.29 is 9.66 Å². The van der Waals surface area contributed by atoms with E-state index in [4.69, 9.17) is 4.74 Å². The van der Waals surface area contributed by atoms with E-state index in [9.17, 15) is 10.1 Å². The van der Waals surface area contributed by atoms with E-state index in [0.29, 0.717) is 23.6 Å². The van der Waals surface area contributed by atoms with Gasteiger partial charge in [-0.15, -0.1) is 0 Å². The minimum atomic E-state index is -0.406. The van der Waals surface area contributed by atoms with Crippen LogP contribution in [0.25, 0.3) is 0 Å². The van der Waals surface area contributed by atoms with E-state index in [2.05, 4.69) is 11.6 Å². The highest BCUT2D eigenvalue weighted by molar-refractivity contribution is 7.99. The van der Waals surface area contributed by atoms with Crippen molar-refractivity contribution in [2.75, 3.05) is 19.4 Å². The Hall–Kier alpha value is -1.27. The molecule has 1 aliphatic rings. The third-order valence-corrected chi connectivity index (χ3v) is 5.00. The van der Waals surface area contributed by atoms with Crippen LogP contribution in [-0.4, -0.2) is 35.6 Å². The van der Waals surface area contributed by atoms with Gasteiger partial charge in [-0.2, -0.15) is 11.8 Å². The maximum Gasteiger partial charge on any atom is 0.269 e. The quantitative estimate of drug-likeness (QED) is 0.476. The Labute approximate surface area is 129 Å². The summed E-state index contributed by atoms with van der Waals surface area (Å²) in [5, 5.41) is 14.8. The molecule has 1 fully saturated rings. The molecular formula is C15H22N2O3S. The van der Waals surface area contributed by atoms with Gasteiger partial charge in [0.15, 0.2) is 0 Å². The smallest absolute Gasteiger partial charge is 0.269 e. The van der Waals surface area contributed by atoms with E-state index in [1.807, 2.05) is 11.8 Å². The SMILES string of the molecule is CSC1CCCCC1NCCOc1ccc([N+](=O)[O-])cc1. The summed E-state index contributed by atoms with van der Waals surface area (Å²) in [5.74, 6) is 0.674. The van der Waals surface area contributed by atoms with Crippen molar-refractivity contribution in [1.29, 1.82) is 0 Å². The zero-order valence-electron chi connectivity index (χ0n) is 12.3. The van der Waals surface area contributed by atoms with Crippen molar-refractivity contribution in [3.63, 3.8) is 0 Å². The molecule has 2 unspecified atom stereocenters. The highest BCUT2D eigenvalue weighted by atomic mass is 32.2. The molecule has 0 bridgehead atoms. The number of ether oxygens (including phenoxy) is 1. The average Bonchev–Trinajstić information content (AvgIpc) is 2.52. The Morgan fingerprint density at radius 2 is 2.05 bits per heavy atom. The number of nitro benzene ring substituents is 1. The van der Waals surface area contributed by atoms with E-state index in [-0.39, 0.29) is 5.69 Å². The largest absolute Gasteiger partial charge is 0.492 e. The lowest BCUT2D eigenvalue weighted by Gasteiger charge is -2.31. The fourth-order valence-electron chi connectivity index (χ4n) is 2.69. The van der Waals surface area contributed by atoms with Crippen LogP contribution >= 0.6 is 11.8 Å². The molecule has 0 radical (unpaired) electrons. The molecule has 1 aliphatic carbocycles. The third-order valence-electron chi connectivity index (χ3n) is 3.83. The van der Waals surface area contributed by atoms with Crippen LogP contribution in [-0.2, 0) is 0 Å². The molecule has 1 aromatic rings. The summed E-state index contributed by atoms with van der Waals surface area (Å²) in [4.78, 5) is 10.2. The predicted molar refractivity (Wildman–Crippen MR) is 86.2 cm³/mol. The summed E-state index contributed by atoms with van der Waals surface area (Å²) in [6, 6.07) is 6.79. The molecular weight excluding hydrogens is 288 g/mol. The van der Waals surface area contributed by atoms with E-state index in [1.165, 1.54) is 37.8 Å². The maximum absolute atomic E-state index is 10.6. The van der Waals surface area contributed by atoms with Gasteiger partial charge in [0.1, 0.15) is 12.4 Å². The number of non-ortho nitro benzene ring substituents is 1. The molecule has 0 amide bonds. The standard InChI is InChI=1S/C15H22N2O3S/c1-21-15-5-3-2-4-14(15)16-10-11-20-13-8-6-12(7-9-13)17(18)19/h6-9,14-16H,2-5,10-11H2,1H3. The number of hydrogen-bond donors (Lipinski definition) is 1. The molecule has 1 aromatic carbocycles. The molecule has 116 valence electrons. The van der Waals surface area contributed by atoms with Crippen LogP contribution in [0.3, 0.4) is 0 Å². The fourth-order valence-corrected chi connectivity index (χ4v) is 3.65. The van der Waals surface area contributed by atoms with Crippen LogP contribution in [0.2, 0.25) is 0 Å². The molecule has 6 heteroatoms. The molecule has 0 spiro atoms. The van der Waals surface area contributed by atoms with Gasteiger partial charge >= 0.3 is 0 Å². The molecule has 0 saturated heterocycles. The summed E-state index contributed by atoms with van der Waals surface area (Å²) in [6.07, 6.45) is 7.35. The Kier molecular flexibility index (Phi) is 6.32. The monoisotopic (exact) mass is 310 g/mol. The summed E-state index contributed by atoms with van der Waals surface area (Å²) >= 11 is 1.95. The molecule has 0 aliphatic heterocycles. The Morgan fingerprint density at radius 3 is 2.71 bits per heavy atom. The first kappa shape index (κ1) is 16.1. The molecule has 2 atom stereocenters. The number of thioether (sulfide) groups is 1. The first-order valence-electron chi connectivity index (χ1n) is 7.34. The van der Waals surface area contributed by atoms with Gasteiger partial charge in [0.2, 0.25) is 0 Å². The van der Waals surface area contributed by atoms with Gasteiger partial charge < -0.3 is 10.1 Å². The average molecular weight is 310 g/mol. The maximum atomic E-state index is 10.6. The van der Waals surface area contributed by atoms with Crippen LogP contribution in [0.5, 0.6) is 5.75 Å². The highest BCUT2D eigenvalue weighted by Crippen LogP contribution is 2.27. The minimum Gasteiger partial charge on any atom is -0.492 e.